The number of halogens is 1. The molecule has 0 spiro atoms. The molecule has 9 heteroatoms. The maximum absolute atomic E-state index is 13.4. The van der Waals surface area contributed by atoms with Crippen LogP contribution in [-0.4, -0.2) is 71.9 Å². The summed E-state index contributed by atoms with van der Waals surface area (Å²) in [5.41, 5.74) is 1.25. The summed E-state index contributed by atoms with van der Waals surface area (Å²) in [6, 6.07) is 12.9. The van der Waals surface area contributed by atoms with E-state index in [1.807, 2.05) is 12.1 Å². The number of rotatable bonds is 5. The highest BCUT2D eigenvalue weighted by atomic mass is 19.1. The molecule has 4 rings (SSSR count). The third kappa shape index (κ3) is 5.08. The first-order valence-electron chi connectivity index (χ1n) is 11.0. The number of urea groups is 1. The Morgan fingerprint density at radius 2 is 1.79 bits per heavy atom. The number of carbonyl (C=O) groups excluding carboxylic acids is 3. The molecule has 2 saturated heterocycles. The number of nitrogens with zero attached hydrogens (tertiary/aromatic N) is 3. The second-order valence-electron chi connectivity index (χ2n) is 8.20. The number of anilines is 1. The number of para-hydroxylation sites is 2. The first kappa shape index (κ1) is 22.6. The summed E-state index contributed by atoms with van der Waals surface area (Å²) in [4.78, 5) is 42.9. The number of likely N-dealkylation sites (tertiary alicyclic amines) is 1. The molecular weight excluding hydrogens is 427 g/mol. The average Bonchev–Trinajstić information content (AvgIpc) is 2.83. The van der Waals surface area contributed by atoms with Crippen molar-refractivity contribution in [1.82, 2.24) is 14.7 Å². The Morgan fingerprint density at radius 3 is 2.52 bits per heavy atom. The summed E-state index contributed by atoms with van der Waals surface area (Å²) >= 11 is 0. The van der Waals surface area contributed by atoms with E-state index in [-0.39, 0.29) is 24.4 Å². The van der Waals surface area contributed by atoms with Crippen LogP contribution in [-0.2, 0) is 16.1 Å². The van der Waals surface area contributed by atoms with Crippen molar-refractivity contribution in [1.29, 1.82) is 0 Å². The Labute approximate surface area is 191 Å². The average molecular weight is 455 g/mol. The number of piperazine rings is 1. The van der Waals surface area contributed by atoms with Crippen molar-refractivity contribution in [3.63, 3.8) is 0 Å². The molecule has 2 aromatic carbocycles. The second kappa shape index (κ2) is 9.89. The van der Waals surface area contributed by atoms with Crippen LogP contribution in [0.25, 0.3) is 0 Å². The van der Waals surface area contributed by atoms with Crippen molar-refractivity contribution in [3.8, 4) is 5.75 Å². The fourth-order valence-corrected chi connectivity index (χ4v) is 4.37. The molecule has 0 atom stereocenters. The molecular formula is C24H27FN4O4. The predicted octanol–water partition coefficient (Wildman–Crippen LogP) is 2.70. The SMILES string of the molecule is COc1ccccc1NC(=O)N1CCC(N2CCN(Cc3cccc(F)c3)C(=O)C2=O)CC1. The molecule has 0 saturated carbocycles. The van der Waals surface area contributed by atoms with Gasteiger partial charge >= 0.3 is 17.8 Å². The zero-order valence-electron chi connectivity index (χ0n) is 18.5. The highest BCUT2D eigenvalue weighted by Gasteiger charge is 2.38. The van der Waals surface area contributed by atoms with Gasteiger partial charge in [0, 0.05) is 38.8 Å². The first-order valence-corrected chi connectivity index (χ1v) is 11.0. The van der Waals surface area contributed by atoms with Gasteiger partial charge in [-0.15, -0.1) is 0 Å². The molecule has 0 bridgehead atoms. The van der Waals surface area contributed by atoms with Gasteiger partial charge in [0.05, 0.1) is 12.8 Å². The topological polar surface area (TPSA) is 82.2 Å². The quantitative estimate of drug-likeness (QED) is 0.705. The molecule has 1 N–H and O–H groups in total. The third-order valence-electron chi connectivity index (χ3n) is 6.15. The molecule has 2 aromatic rings. The van der Waals surface area contributed by atoms with Gasteiger partial charge in [-0.1, -0.05) is 24.3 Å². The summed E-state index contributed by atoms with van der Waals surface area (Å²) in [5.74, 6) is -0.885. The van der Waals surface area contributed by atoms with Gasteiger partial charge in [-0.25, -0.2) is 9.18 Å². The van der Waals surface area contributed by atoms with Gasteiger partial charge in [-0.3, -0.25) is 9.59 Å². The number of hydrogen-bond acceptors (Lipinski definition) is 4. The fourth-order valence-electron chi connectivity index (χ4n) is 4.37. The van der Waals surface area contributed by atoms with Crippen LogP contribution >= 0.6 is 0 Å². The van der Waals surface area contributed by atoms with Crippen LogP contribution in [0.3, 0.4) is 0 Å². The standard InChI is InChI=1S/C24H27FN4O4/c1-33-21-8-3-2-7-20(21)26-24(32)27-11-9-19(10-12-27)29-14-13-28(22(30)23(29)31)16-17-5-4-6-18(25)15-17/h2-8,15,19H,9-14,16H2,1H3,(H,26,32). The second-order valence-corrected chi connectivity index (χ2v) is 8.20. The van der Waals surface area contributed by atoms with Crippen molar-refractivity contribution in [2.45, 2.75) is 25.4 Å². The van der Waals surface area contributed by atoms with E-state index < -0.39 is 11.8 Å². The monoisotopic (exact) mass is 454 g/mol. The van der Waals surface area contributed by atoms with Crippen molar-refractivity contribution in [2.75, 3.05) is 38.6 Å². The number of carbonyl (C=O) groups is 3. The van der Waals surface area contributed by atoms with E-state index in [1.54, 1.807) is 41.2 Å². The Balaban J connectivity index is 1.30. The highest BCUT2D eigenvalue weighted by Crippen LogP contribution is 2.25. The van der Waals surface area contributed by atoms with Gasteiger partial charge in [-0.05, 0) is 42.7 Å². The molecule has 0 unspecified atom stereocenters. The fraction of sp³-hybridized carbons (Fsp3) is 0.375. The summed E-state index contributed by atoms with van der Waals surface area (Å²) in [6.45, 7) is 2.00. The number of hydrogen-bond donors (Lipinski definition) is 1. The van der Waals surface area contributed by atoms with E-state index in [4.69, 9.17) is 4.74 Å². The van der Waals surface area contributed by atoms with Gasteiger partial charge in [0.1, 0.15) is 11.6 Å². The van der Waals surface area contributed by atoms with Crippen LogP contribution in [0, 0.1) is 5.82 Å². The van der Waals surface area contributed by atoms with Crippen LogP contribution < -0.4 is 10.1 Å². The summed E-state index contributed by atoms with van der Waals surface area (Å²) < 4.78 is 18.7. The van der Waals surface area contributed by atoms with Crippen LogP contribution in [0.4, 0.5) is 14.9 Å². The third-order valence-corrected chi connectivity index (χ3v) is 6.15. The Kier molecular flexibility index (Phi) is 6.76. The minimum absolute atomic E-state index is 0.0897. The molecule has 2 aliphatic heterocycles. The van der Waals surface area contributed by atoms with Crippen molar-refractivity contribution < 1.29 is 23.5 Å². The summed E-state index contributed by atoms with van der Waals surface area (Å²) in [7, 11) is 1.55. The van der Waals surface area contributed by atoms with Crippen LogP contribution in [0.1, 0.15) is 18.4 Å². The minimum Gasteiger partial charge on any atom is -0.495 e. The molecule has 2 aliphatic rings. The zero-order chi connectivity index (χ0) is 23.4. The number of piperidine rings is 1. The van der Waals surface area contributed by atoms with E-state index in [9.17, 15) is 18.8 Å². The van der Waals surface area contributed by atoms with Crippen LogP contribution in [0.2, 0.25) is 0 Å². The van der Waals surface area contributed by atoms with Crippen molar-refractivity contribution in [2.24, 2.45) is 0 Å². The molecule has 0 radical (unpaired) electrons. The number of amides is 4. The lowest BCUT2D eigenvalue weighted by atomic mass is 10.0. The number of ether oxygens (including phenoxy) is 1. The van der Waals surface area contributed by atoms with Gasteiger partial charge < -0.3 is 24.8 Å². The summed E-state index contributed by atoms with van der Waals surface area (Å²) in [6.07, 6.45) is 1.20. The van der Waals surface area contributed by atoms with Gasteiger partial charge in [-0.2, -0.15) is 0 Å². The van der Waals surface area contributed by atoms with Gasteiger partial charge in [0.2, 0.25) is 0 Å². The lowest BCUT2D eigenvalue weighted by Crippen LogP contribution is -2.59. The van der Waals surface area contributed by atoms with E-state index >= 15 is 0 Å². The van der Waals surface area contributed by atoms with E-state index in [0.717, 1.165) is 0 Å². The van der Waals surface area contributed by atoms with Crippen LogP contribution in [0.15, 0.2) is 48.5 Å². The van der Waals surface area contributed by atoms with E-state index in [2.05, 4.69) is 5.32 Å². The molecule has 8 nitrogen and oxygen atoms in total. The van der Waals surface area contributed by atoms with E-state index in [0.29, 0.717) is 56.0 Å². The Bertz CT molecular complexity index is 1040. The smallest absolute Gasteiger partial charge is 0.321 e. The van der Waals surface area contributed by atoms with Crippen molar-refractivity contribution >= 4 is 23.5 Å². The van der Waals surface area contributed by atoms with Gasteiger partial charge in [0.25, 0.3) is 0 Å². The molecule has 2 heterocycles. The molecule has 0 aromatic heterocycles. The number of nitrogens with one attached hydrogen (secondary N) is 1. The molecule has 0 aliphatic carbocycles. The van der Waals surface area contributed by atoms with Crippen LogP contribution in [0.5, 0.6) is 5.75 Å². The first-order chi connectivity index (χ1) is 16.0. The summed E-state index contributed by atoms with van der Waals surface area (Å²) in [5, 5.41) is 2.87. The number of methoxy groups -OCH3 is 1. The largest absolute Gasteiger partial charge is 0.495 e. The van der Waals surface area contributed by atoms with Gasteiger partial charge in [0.15, 0.2) is 0 Å². The molecule has 33 heavy (non-hydrogen) atoms. The lowest BCUT2D eigenvalue weighted by Gasteiger charge is -2.42. The normalized spacial score (nSPS) is 17.3. The van der Waals surface area contributed by atoms with Crippen molar-refractivity contribution in [3.05, 3.63) is 59.9 Å². The highest BCUT2D eigenvalue weighted by molar-refractivity contribution is 6.35. The molecule has 174 valence electrons. The Hall–Kier alpha value is -3.62. The maximum Gasteiger partial charge on any atom is 0.321 e. The maximum atomic E-state index is 13.4. The predicted molar refractivity (Wildman–Crippen MR) is 120 cm³/mol. The Morgan fingerprint density at radius 1 is 1.03 bits per heavy atom. The molecule has 2 fully saturated rings. The molecule has 4 amide bonds. The zero-order valence-corrected chi connectivity index (χ0v) is 18.5. The van der Waals surface area contributed by atoms with E-state index in [1.165, 1.54) is 17.0 Å². The lowest BCUT2D eigenvalue weighted by molar-refractivity contribution is -0.158. The number of benzene rings is 2. The minimum atomic E-state index is -0.568.